The number of hydrogen-bond acceptors (Lipinski definition) is 7. The van der Waals surface area contributed by atoms with Crippen molar-refractivity contribution in [1.29, 1.82) is 0 Å². The Morgan fingerprint density at radius 1 is 1.12 bits per heavy atom. The highest BCUT2D eigenvalue weighted by molar-refractivity contribution is 6.30. The van der Waals surface area contributed by atoms with Crippen molar-refractivity contribution in [2.45, 2.75) is 38.6 Å². The number of halogens is 2. The third kappa shape index (κ3) is 6.08. The number of carbonyl (C=O) groups excluding carboxylic acids is 1. The zero-order valence-electron chi connectivity index (χ0n) is 22.7. The van der Waals surface area contributed by atoms with Crippen LogP contribution in [-0.4, -0.2) is 68.8 Å². The van der Waals surface area contributed by atoms with Gasteiger partial charge in [0.2, 0.25) is 11.8 Å². The first-order chi connectivity index (χ1) is 20.3. The number of ether oxygens (including phenoxy) is 2. The molecule has 0 saturated carbocycles. The molecule has 0 unspecified atom stereocenters. The van der Waals surface area contributed by atoms with Crippen molar-refractivity contribution in [2.24, 2.45) is 0 Å². The SMILES string of the molecule is O=C(O)c1ccc2nc(CN3CCC(=O)N(c4cccc(OCc5ccc(Cl)cc5F)n4)CC3)n(C[C@@H]3CCO3)c2c1. The van der Waals surface area contributed by atoms with Crippen molar-refractivity contribution in [3.8, 4) is 5.88 Å². The minimum atomic E-state index is -0.988. The predicted molar refractivity (Wildman–Crippen MR) is 153 cm³/mol. The lowest BCUT2D eigenvalue weighted by Crippen LogP contribution is -2.35. The van der Waals surface area contributed by atoms with Gasteiger partial charge >= 0.3 is 5.97 Å². The van der Waals surface area contributed by atoms with Crippen LogP contribution in [0.25, 0.3) is 11.0 Å². The van der Waals surface area contributed by atoms with Crippen molar-refractivity contribution in [3.63, 3.8) is 0 Å². The Labute approximate surface area is 246 Å². The molecule has 2 aromatic carbocycles. The third-order valence-corrected chi connectivity index (χ3v) is 7.81. The summed E-state index contributed by atoms with van der Waals surface area (Å²) < 4.78 is 27.6. The number of rotatable bonds is 9. The molecule has 0 bridgehead atoms. The quantitative estimate of drug-likeness (QED) is 0.301. The standard InChI is InChI=1S/C30H29ClFN5O5/c31-21-6-4-20(23(32)15-21)18-42-28-3-1-2-26(34-28)36-12-11-35(10-8-29(36)38)17-27-33-24-7-5-19(30(39)40)14-25(24)37(27)16-22-9-13-41-22/h1-7,14-15,22H,8-13,16-18H2,(H,39,40)/t22-/m0/s1. The zero-order valence-corrected chi connectivity index (χ0v) is 23.5. The molecule has 0 aliphatic carbocycles. The van der Waals surface area contributed by atoms with Gasteiger partial charge in [-0.05, 0) is 42.8 Å². The number of pyridine rings is 1. The van der Waals surface area contributed by atoms with Crippen molar-refractivity contribution >= 4 is 40.3 Å². The second kappa shape index (κ2) is 12.0. The van der Waals surface area contributed by atoms with Gasteiger partial charge in [0.05, 0.1) is 35.8 Å². The van der Waals surface area contributed by atoms with Crippen molar-refractivity contribution in [3.05, 3.63) is 82.4 Å². The highest BCUT2D eigenvalue weighted by Crippen LogP contribution is 2.25. The van der Waals surface area contributed by atoms with E-state index >= 15 is 0 Å². The van der Waals surface area contributed by atoms with E-state index in [0.29, 0.717) is 49.1 Å². The molecular formula is C30H29ClFN5O5. The van der Waals surface area contributed by atoms with Crippen LogP contribution in [0.15, 0.2) is 54.6 Å². The second-order valence-corrected chi connectivity index (χ2v) is 10.8. The molecule has 0 spiro atoms. The Balaban J connectivity index is 1.16. The van der Waals surface area contributed by atoms with Crippen LogP contribution in [-0.2, 0) is 29.2 Å². The lowest BCUT2D eigenvalue weighted by molar-refractivity contribution is -0.118. The van der Waals surface area contributed by atoms with E-state index in [-0.39, 0.29) is 36.5 Å². The Kier molecular flexibility index (Phi) is 8.05. The van der Waals surface area contributed by atoms with Gasteiger partial charge < -0.3 is 19.1 Å². The minimum absolute atomic E-state index is 0.0258. The Morgan fingerprint density at radius 3 is 2.74 bits per heavy atom. The molecule has 2 saturated heterocycles. The molecule has 42 heavy (non-hydrogen) atoms. The summed E-state index contributed by atoms with van der Waals surface area (Å²) in [5.41, 5.74) is 2.04. The molecule has 1 N–H and O–H groups in total. The largest absolute Gasteiger partial charge is 0.478 e. The molecule has 2 aromatic heterocycles. The summed E-state index contributed by atoms with van der Waals surface area (Å²) in [4.78, 5) is 37.9. The molecule has 1 amide bonds. The number of amides is 1. The number of carboxylic acid groups (broad SMARTS) is 1. The molecule has 218 valence electrons. The summed E-state index contributed by atoms with van der Waals surface area (Å²) in [7, 11) is 0. The number of hydrogen-bond donors (Lipinski definition) is 1. The van der Waals surface area contributed by atoms with E-state index in [1.165, 1.54) is 6.07 Å². The van der Waals surface area contributed by atoms with E-state index in [1.54, 1.807) is 53.4 Å². The van der Waals surface area contributed by atoms with Crippen LogP contribution in [0.3, 0.4) is 0 Å². The number of imidazole rings is 1. The number of nitrogens with zero attached hydrogens (tertiary/aromatic N) is 5. The van der Waals surface area contributed by atoms with Crippen molar-refractivity contribution < 1.29 is 28.6 Å². The number of aromatic nitrogens is 3. The Hall–Kier alpha value is -4.06. The first-order valence-electron chi connectivity index (χ1n) is 13.7. The van der Waals surface area contributed by atoms with E-state index < -0.39 is 11.8 Å². The van der Waals surface area contributed by atoms with E-state index in [4.69, 9.17) is 26.1 Å². The molecule has 4 aromatic rings. The molecule has 2 aliphatic heterocycles. The van der Waals surface area contributed by atoms with Crippen LogP contribution in [0, 0.1) is 5.82 Å². The summed E-state index contributed by atoms with van der Waals surface area (Å²) in [5.74, 6) is 0.0325. The molecular weight excluding hydrogens is 565 g/mol. The van der Waals surface area contributed by atoms with Gasteiger partial charge in [0.15, 0.2) is 0 Å². The average molecular weight is 594 g/mol. The maximum atomic E-state index is 14.2. The summed E-state index contributed by atoms with van der Waals surface area (Å²) in [6, 6.07) is 14.5. The zero-order chi connectivity index (χ0) is 29.2. The minimum Gasteiger partial charge on any atom is -0.478 e. The molecule has 2 fully saturated rings. The number of benzene rings is 2. The van der Waals surface area contributed by atoms with Gasteiger partial charge in [-0.1, -0.05) is 23.7 Å². The highest BCUT2D eigenvalue weighted by Gasteiger charge is 2.27. The Morgan fingerprint density at radius 2 is 1.98 bits per heavy atom. The van der Waals surface area contributed by atoms with E-state index in [2.05, 4.69) is 9.88 Å². The number of carboxylic acids is 1. The van der Waals surface area contributed by atoms with Crippen molar-refractivity contribution in [2.75, 3.05) is 31.1 Å². The van der Waals surface area contributed by atoms with E-state index in [9.17, 15) is 19.1 Å². The predicted octanol–water partition coefficient (Wildman–Crippen LogP) is 4.53. The monoisotopic (exact) mass is 593 g/mol. The summed E-state index contributed by atoms with van der Waals surface area (Å²) in [5, 5.41) is 9.81. The molecule has 10 nitrogen and oxygen atoms in total. The first kappa shape index (κ1) is 28.1. The second-order valence-electron chi connectivity index (χ2n) is 10.4. The topological polar surface area (TPSA) is 110 Å². The van der Waals surface area contributed by atoms with Gasteiger partial charge in [0.25, 0.3) is 0 Å². The number of fused-ring (bicyclic) bond motifs is 1. The summed E-state index contributed by atoms with van der Waals surface area (Å²) in [6.07, 6.45) is 1.29. The molecule has 12 heteroatoms. The third-order valence-electron chi connectivity index (χ3n) is 7.58. The van der Waals surface area contributed by atoms with Crippen LogP contribution in [0.5, 0.6) is 5.88 Å². The molecule has 4 heterocycles. The van der Waals surface area contributed by atoms with Gasteiger partial charge in [-0.15, -0.1) is 0 Å². The Bertz CT molecular complexity index is 1640. The molecule has 0 radical (unpaired) electrons. The van der Waals surface area contributed by atoms with Crippen LogP contribution >= 0.6 is 11.6 Å². The van der Waals surface area contributed by atoms with Crippen LogP contribution in [0.2, 0.25) is 5.02 Å². The fourth-order valence-electron chi connectivity index (χ4n) is 5.15. The molecule has 1 atom stereocenters. The smallest absolute Gasteiger partial charge is 0.335 e. The fraction of sp³-hybridized carbons (Fsp3) is 0.333. The van der Waals surface area contributed by atoms with Crippen LogP contribution in [0.4, 0.5) is 10.2 Å². The van der Waals surface area contributed by atoms with Gasteiger partial charge in [-0.2, -0.15) is 4.98 Å². The molecule has 2 aliphatic rings. The number of carbonyl (C=O) groups is 2. The van der Waals surface area contributed by atoms with Gasteiger partial charge in [0, 0.05) is 49.3 Å². The maximum Gasteiger partial charge on any atom is 0.335 e. The average Bonchev–Trinajstić information content (AvgIpc) is 3.17. The van der Waals surface area contributed by atoms with Gasteiger partial charge in [0.1, 0.15) is 24.1 Å². The summed E-state index contributed by atoms with van der Waals surface area (Å²) in [6.45, 7) is 3.30. The van der Waals surface area contributed by atoms with Gasteiger partial charge in [-0.25, -0.2) is 14.2 Å². The fourth-order valence-corrected chi connectivity index (χ4v) is 5.31. The van der Waals surface area contributed by atoms with Crippen LogP contribution in [0.1, 0.15) is 34.6 Å². The van der Waals surface area contributed by atoms with E-state index in [1.807, 2.05) is 4.57 Å². The van der Waals surface area contributed by atoms with E-state index in [0.717, 1.165) is 29.9 Å². The highest BCUT2D eigenvalue weighted by atomic mass is 35.5. The van der Waals surface area contributed by atoms with Crippen LogP contribution < -0.4 is 9.64 Å². The molecule has 6 rings (SSSR count). The van der Waals surface area contributed by atoms with Crippen molar-refractivity contribution in [1.82, 2.24) is 19.4 Å². The maximum absolute atomic E-state index is 14.2. The normalized spacial score (nSPS) is 17.7. The number of aromatic carboxylic acids is 1. The first-order valence-corrected chi connectivity index (χ1v) is 14.1. The lowest BCUT2D eigenvalue weighted by atomic mass is 10.1. The lowest BCUT2D eigenvalue weighted by Gasteiger charge is -2.28. The number of anilines is 1. The van der Waals surface area contributed by atoms with Gasteiger partial charge in [-0.3, -0.25) is 14.6 Å². The summed E-state index contributed by atoms with van der Waals surface area (Å²) >= 11 is 5.83.